The third-order valence-electron chi connectivity index (χ3n) is 3.36. The highest BCUT2D eigenvalue weighted by Crippen LogP contribution is 2.55. The van der Waals surface area contributed by atoms with Gasteiger partial charge in [-0.15, -0.1) is 7.92 Å². The van der Waals surface area contributed by atoms with E-state index in [2.05, 4.69) is 19.3 Å². The Morgan fingerprint density at radius 3 is 2.82 bits per heavy atom. The summed E-state index contributed by atoms with van der Waals surface area (Å²) in [6, 6.07) is 0. The van der Waals surface area contributed by atoms with E-state index >= 15 is 0 Å². The molecule has 1 aliphatic heterocycles. The Morgan fingerprint density at radius 1 is 1.27 bits per heavy atom. The quantitative estimate of drug-likeness (QED) is 0.438. The molecule has 0 spiro atoms. The fraction of sp³-hybridized carbons (Fsp3) is 1.00. The highest BCUT2D eigenvalue weighted by Gasteiger charge is 2.38. The molecule has 2 fully saturated rings. The van der Waals surface area contributed by atoms with Gasteiger partial charge in [0.05, 0.1) is 0 Å². The van der Waals surface area contributed by atoms with Crippen molar-refractivity contribution in [2.45, 2.75) is 36.6 Å². The Kier molecular flexibility index (Phi) is 2.49. The van der Waals surface area contributed by atoms with Gasteiger partial charge in [0.2, 0.25) is 0 Å². The topological polar surface area (TPSA) is 0 Å². The second-order valence-electron chi connectivity index (χ2n) is 4.00. The molecule has 0 radical (unpaired) electrons. The van der Waals surface area contributed by atoms with E-state index in [-0.39, 0.29) is 0 Å². The molecule has 0 N–H and O–H groups in total. The second-order valence-corrected chi connectivity index (χ2v) is 7.29. The van der Waals surface area contributed by atoms with Crippen LogP contribution in [0.25, 0.3) is 0 Å². The number of thiol groups is 1. The van der Waals surface area contributed by atoms with Crippen LogP contribution in [0.5, 0.6) is 0 Å². The molecule has 0 bridgehead atoms. The maximum absolute atomic E-state index is 4.67. The molecule has 1 heterocycles. The molecular weight excluding hydrogens is 171 g/mol. The monoisotopic (exact) mass is 188 g/mol. The van der Waals surface area contributed by atoms with Crippen LogP contribution in [0.1, 0.15) is 25.7 Å². The summed E-state index contributed by atoms with van der Waals surface area (Å²) in [4.78, 5) is 0. The third kappa shape index (κ3) is 1.47. The van der Waals surface area contributed by atoms with Crippen molar-refractivity contribution in [3.8, 4) is 0 Å². The summed E-state index contributed by atoms with van der Waals surface area (Å²) in [5.41, 5.74) is 1.10. The van der Waals surface area contributed by atoms with E-state index in [1.807, 2.05) is 0 Å². The van der Waals surface area contributed by atoms with E-state index in [0.29, 0.717) is 7.92 Å². The highest BCUT2D eigenvalue weighted by atomic mass is 32.1. The molecule has 64 valence electrons. The van der Waals surface area contributed by atoms with E-state index < -0.39 is 0 Å². The van der Waals surface area contributed by atoms with E-state index in [0.717, 1.165) is 16.8 Å². The molecule has 4 atom stereocenters. The summed E-state index contributed by atoms with van der Waals surface area (Å²) in [6.45, 7) is 2.50. The maximum Gasteiger partial charge on any atom is 0.00513 e. The average Bonchev–Trinajstić information content (AvgIpc) is 2.35. The zero-order valence-electron chi connectivity index (χ0n) is 7.16. The molecule has 11 heavy (non-hydrogen) atoms. The van der Waals surface area contributed by atoms with Crippen molar-refractivity contribution in [1.82, 2.24) is 0 Å². The smallest absolute Gasteiger partial charge is 0.00513 e. The number of fused-ring (bicyclic) bond motifs is 1. The zero-order chi connectivity index (χ0) is 7.84. The molecule has 4 unspecified atom stereocenters. The summed E-state index contributed by atoms with van der Waals surface area (Å²) in [5, 5.41) is 0.755. The summed E-state index contributed by atoms with van der Waals surface area (Å²) in [5.74, 6) is 1.00. The molecule has 2 heteroatoms. The van der Waals surface area contributed by atoms with Gasteiger partial charge in [-0.1, -0.05) is 0 Å². The summed E-state index contributed by atoms with van der Waals surface area (Å²) < 4.78 is 0. The van der Waals surface area contributed by atoms with Gasteiger partial charge in [-0.05, 0) is 50.1 Å². The lowest BCUT2D eigenvalue weighted by atomic mass is 10.0. The molecule has 2 rings (SSSR count). The molecular formula is C9H17PS. The Bertz CT molecular complexity index is 146. The van der Waals surface area contributed by atoms with Gasteiger partial charge >= 0.3 is 0 Å². The predicted molar refractivity (Wildman–Crippen MR) is 56.2 cm³/mol. The van der Waals surface area contributed by atoms with Crippen molar-refractivity contribution < 1.29 is 0 Å². The Labute approximate surface area is 76.3 Å². The van der Waals surface area contributed by atoms with Crippen molar-refractivity contribution >= 4 is 20.6 Å². The van der Waals surface area contributed by atoms with Gasteiger partial charge in [0, 0.05) is 5.25 Å². The molecule has 0 nitrogen and oxygen atoms in total. The Balaban J connectivity index is 2.07. The minimum atomic E-state index is 0.392. The minimum absolute atomic E-state index is 0.392. The van der Waals surface area contributed by atoms with Crippen molar-refractivity contribution in [3.05, 3.63) is 0 Å². The Hall–Kier alpha value is 0.780. The lowest BCUT2D eigenvalue weighted by Gasteiger charge is -2.33. The van der Waals surface area contributed by atoms with Crippen LogP contribution in [0, 0.1) is 5.92 Å². The van der Waals surface area contributed by atoms with Gasteiger partial charge in [-0.25, -0.2) is 0 Å². The van der Waals surface area contributed by atoms with Crippen molar-refractivity contribution in [2.24, 2.45) is 5.92 Å². The van der Waals surface area contributed by atoms with Gasteiger partial charge in [0.25, 0.3) is 0 Å². The van der Waals surface area contributed by atoms with Crippen LogP contribution < -0.4 is 0 Å². The van der Waals surface area contributed by atoms with Gasteiger partial charge < -0.3 is 0 Å². The molecule has 2 aliphatic rings. The lowest BCUT2D eigenvalue weighted by molar-refractivity contribution is 0.497. The molecule has 1 saturated heterocycles. The number of hydrogen-bond acceptors (Lipinski definition) is 1. The normalized spacial score (nSPS) is 50.7. The predicted octanol–water partition coefficient (Wildman–Crippen LogP) is 2.97. The lowest BCUT2D eigenvalue weighted by Crippen LogP contribution is -2.23. The number of hydrogen-bond donors (Lipinski definition) is 1. The van der Waals surface area contributed by atoms with Crippen LogP contribution >= 0.6 is 20.6 Å². The second kappa shape index (κ2) is 3.26. The van der Waals surface area contributed by atoms with Gasteiger partial charge in [-0.2, -0.15) is 12.6 Å². The van der Waals surface area contributed by atoms with E-state index in [1.54, 1.807) is 0 Å². The molecule has 0 aromatic carbocycles. The fourth-order valence-electron chi connectivity index (χ4n) is 2.70. The van der Waals surface area contributed by atoms with E-state index in [9.17, 15) is 0 Å². The SMILES string of the molecule is CP1CCCC2C(S)CCC21. The van der Waals surface area contributed by atoms with Crippen LogP contribution in [-0.4, -0.2) is 23.7 Å². The first-order chi connectivity index (χ1) is 5.29. The Morgan fingerprint density at radius 2 is 2.09 bits per heavy atom. The first kappa shape index (κ1) is 8.38. The first-order valence-electron chi connectivity index (χ1n) is 4.67. The van der Waals surface area contributed by atoms with Crippen molar-refractivity contribution in [2.75, 3.05) is 12.8 Å². The summed E-state index contributed by atoms with van der Waals surface area (Å²) >= 11 is 4.67. The number of rotatable bonds is 0. The fourth-order valence-corrected chi connectivity index (χ4v) is 5.96. The average molecular weight is 188 g/mol. The standard InChI is InChI=1S/C9H17PS/c1-10-6-2-3-7-8(10)4-5-9(7)11/h7-9,11H,2-6H2,1H3. The van der Waals surface area contributed by atoms with Gasteiger partial charge in [0.1, 0.15) is 0 Å². The third-order valence-corrected chi connectivity index (χ3v) is 6.80. The summed E-state index contributed by atoms with van der Waals surface area (Å²) in [7, 11) is 0.392. The van der Waals surface area contributed by atoms with E-state index in [1.165, 1.54) is 31.8 Å². The molecule has 0 aromatic rings. The maximum atomic E-state index is 4.67. The van der Waals surface area contributed by atoms with E-state index in [4.69, 9.17) is 0 Å². The van der Waals surface area contributed by atoms with Crippen LogP contribution in [0.4, 0.5) is 0 Å². The van der Waals surface area contributed by atoms with Gasteiger partial charge in [-0.3, -0.25) is 0 Å². The van der Waals surface area contributed by atoms with Crippen LogP contribution in [0.15, 0.2) is 0 Å². The zero-order valence-corrected chi connectivity index (χ0v) is 8.95. The van der Waals surface area contributed by atoms with Crippen LogP contribution in [-0.2, 0) is 0 Å². The van der Waals surface area contributed by atoms with Crippen LogP contribution in [0.2, 0.25) is 0 Å². The largest absolute Gasteiger partial charge is 0.176 e. The van der Waals surface area contributed by atoms with Crippen molar-refractivity contribution in [3.63, 3.8) is 0 Å². The molecule has 0 amide bonds. The molecule has 1 saturated carbocycles. The summed E-state index contributed by atoms with van der Waals surface area (Å²) in [6.07, 6.45) is 7.38. The highest BCUT2D eigenvalue weighted by molar-refractivity contribution is 7.81. The van der Waals surface area contributed by atoms with Gasteiger partial charge in [0.15, 0.2) is 0 Å². The van der Waals surface area contributed by atoms with Crippen LogP contribution in [0.3, 0.4) is 0 Å². The van der Waals surface area contributed by atoms with Crippen molar-refractivity contribution in [1.29, 1.82) is 0 Å². The molecule has 1 aliphatic carbocycles. The first-order valence-corrected chi connectivity index (χ1v) is 7.23. The molecule has 0 aromatic heterocycles. The minimum Gasteiger partial charge on any atom is -0.176 e.